The maximum absolute atomic E-state index is 6.58. The summed E-state index contributed by atoms with van der Waals surface area (Å²) in [5, 5.41) is 9.74. The molecule has 0 aliphatic rings. The van der Waals surface area contributed by atoms with Gasteiger partial charge in [-0.2, -0.15) is 0 Å². The van der Waals surface area contributed by atoms with E-state index in [1.54, 1.807) is 0 Å². The summed E-state index contributed by atoms with van der Waals surface area (Å²) < 4.78 is 2.44. The minimum Gasteiger partial charge on any atom is -0.354 e. The Hall–Kier alpha value is -5.14. The minimum atomic E-state index is -2.16. The lowest BCUT2D eigenvalue weighted by Crippen LogP contribution is -2.34. The third kappa shape index (κ3) is 4.37. The predicted octanol–water partition coefficient (Wildman–Crippen LogP) is 11.1. The highest BCUT2D eigenvalue weighted by molar-refractivity contribution is 7.95. The van der Waals surface area contributed by atoms with Gasteiger partial charge in [-0.3, -0.25) is 0 Å². The van der Waals surface area contributed by atoms with E-state index in [2.05, 4.69) is 180 Å². The molecule has 2 aromatic heterocycles. The Kier molecular flexibility index (Phi) is 6.97. The summed E-state index contributed by atoms with van der Waals surface area (Å²) in [6.07, 6.45) is 0. The third-order valence-electron chi connectivity index (χ3n) is 10.0. The highest BCUT2D eigenvalue weighted by Gasteiger charge is 2.51. The van der Waals surface area contributed by atoms with Crippen molar-refractivity contribution in [1.82, 2.24) is 9.55 Å². The van der Waals surface area contributed by atoms with Gasteiger partial charge in [0.25, 0.3) is 0 Å². The molecule has 0 aliphatic carbocycles. The molecule has 1 unspecified atom stereocenters. The number of aromatic amines is 1. The molecule has 48 heavy (non-hydrogen) atoms. The molecule has 0 spiro atoms. The van der Waals surface area contributed by atoms with E-state index in [-0.39, 0.29) is 5.66 Å². The summed E-state index contributed by atoms with van der Waals surface area (Å²) in [5.74, 6) is 0. The van der Waals surface area contributed by atoms with E-state index in [0.29, 0.717) is 0 Å². The van der Waals surface area contributed by atoms with Crippen molar-refractivity contribution in [3.05, 3.63) is 180 Å². The Labute approximate surface area is 285 Å². The molecule has 1 N–H and O–H groups in total. The van der Waals surface area contributed by atoms with Crippen molar-refractivity contribution in [2.24, 2.45) is 0 Å². The molecule has 0 saturated heterocycles. The second-order valence-corrected chi connectivity index (χ2v) is 16.8. The normalized spacial score (nSPS) is 12.7. The molecule has 2 nitrogen and oxygen atoms in total. The average Bonchev–Trinajstić information content (AvgIpc) is 3.68. The number of aromatic nitrogens is 2. The first kappa shape index (κ1) is 29.0. The minimum absolute atomic E-state index is 0.197. The number of benzene rings is 7. The number of para-hydroxylation sites is 1. The zero-order valence-electron chi connectivity index (χ0n) is 26.5. The first-order valence-corrected chi connectivity index (χ1v) is 18.7. The highest BCUT2D eigenvalue weighted by Crippen LogP contribution is 2.66. The number of rotatable bonds is 6. The Bertz CT molecular complexity index is 2480. The summed E-state index contributed by atoms with van der Waals surface area (Å²) >= 11 is 6.58. The zero-order valence-corrected chi connectivity index (χ0v) is 28.2. The molecule has 9 aromatic rings. The number of nitrogens with zero attached hydrogens (tertiary/aromatic N) is 1. The van der Waals surface area contributed by atoms with Crippen LogP contribution in [0.1, 0.15) is 18.1 Å². The lowest BCUT2D eigenvalue weighted by Gasteiger charge is -2.33. The largest absolute Gasteiger partial charge is 0.354 e. The summed E-state index contributed by atoms with van der Waals surface area (Å²) in [6.45, 7) is 2.44. The van der Waals surface area contributed by atoms with E-state index >= 15 is 0 Å². The van der Waals surface area contributed by atoms with Gasteiger partial charge in [0, 0.05) is 43.3 Å². The smallest absolute Gasteiger partial charge is 0.119 e. The molecular formula is C44H33ClN2P+. The maximum Gasteiger partial charge on any atom is 0.119 e. The summed E-state index contributed by atoms with van der Waals surface area (Å²) in [5.41, 5.74) is 7.27. The van der Waals surface area contributed by atoms with E-state index in [1.807, 2.05) is 6.07 Å². The zero-order chi connectivity index (χ0) is 32.2. The fourth-order valence-corrected chi connectivity index (χ4v) is 12.9. The van der Waals surface area contributed by atoms with Gasteiger partial charge in [-0.15, -0.1) is 0 Å². The second-order valence-electron chi connectivity index (χ2n) is 12.6. The van der Waals surface area contributed by atoms with E-state index in [4.69, 9.17) is 11.6 Å². The maximum atomic E-state index is 6.58. The van der Waals surface area contributed by atoms with E-state index in [1.165, 1.54) is 48.7 Å². The number of fused-ring (bicyclic) bond motifs is 7. The molecule has 7 aromatic carbocycles. The van der Waals surface area contributed by atoms with Crippen LogP contribution in [0.3, 0.4) is 0 Å². The first-order valence-electron chi connectivity index (χ1n) is 16.4. The van der Waals surface area contributed by atoms with Crippen LogP contribution in [0, 0.1) is 0 Å². The van der Waals surface area contributed by atoms with Crippen molar-refractivity contribution in [3.63, 3.8) is 0 Å². The molecule has 0 fully saturated rings. The fourth-order valence-electron chi connectivity index (χ4n) is 7.93. The number of halogens is 1. The quantitative estimate of drug-likeness (QED) is 0.172. The molecule has 4 heteroatoms. The summed E-state index contributed by atoms with van der Waals surface area (Å²) in [4.78, 5) is 3.65. The van der Waals surface area contributed by atoms with Crippen molar-refractivity contribution in [2.45, 2.75) is 12.6 Å². The monoisotopic (exact) mass is 655 g/mol. The standard InChI is InChI=1S/C44H33ClN2P/c1-30(48(34-16-8-3-9-17-34,35-18-10-4-11-19-35)36-20-12-5-13-21-36)31-22-24-37-42(28-31)47(33-14-6-2-7-15-33)41-27-26-40-43(44(37)41)38-29-32(45)23-25-39(38)46-40/h2-30,46H,1H3/q+1. The van der Waals surface area contributed by atoms with E-state index in [0.717, 1.165) is 27.1 Å². The van der Waals surface area contributed by atoms with Crippen LogP contribution in [0.4, 0.5) is 0 Å². The molecular weight excluding hydrogens is 623 g/mol. The molecule has 230 valence electrons. The lowest BCUT2D eigenvalue weighted by atomic mass is 10.0. The summed E-state index contributed by atoms with van der Waals surface area (Å²) in [7, 11) is -2.16. The van der Waals surface area contributed by atoms with Crippen molar-refractivity contribution in [1.29, 1.82) is 0 Å². The number of hydrogen-bond acceptors (Lipinski definition) is 0. The SMILES string of the molecule is CC(c1ccc2c3c4c(ccc3n(-c3ccccc3)c2c1)[nH]c1ccc(Cl)cc14)[P+](c1ccccc1)(c1ccccc1)c1ccccc1. The lowest BCUT2D eigenvalue weighted by molar-refractivity contribution is 1.08. The van der Waals surface area contributed by atoms with Gasteiger partial charge in [0.05, 0.1) is 11.0 Å². The van der Waals surface area contributed by atoms with Crippen LogP contribution in [-0.2, 0) is 0 Å². The van der Waals surface area contributed by atoms with Crippen LogP contribution >= 0.6 is 18.9 Å². The van der Waals surface area contributed by atoms with Gasteiger partial charge in [0.15, 0.2) is 0 Å². The van der Waals surface area contributed by atoms with Gasteiger partial charge >= 0.3 is 0 Å². The Morgan fingerprint density at radius 3 is 1.69 bits per heavy atom. The van der Waals surface area contributed by atoms with Gasteiger partial charge in [-0.05, 0) is 97.4 Å². The second kappa shape index (κ2) is 11.5. The molecule has 1 atom stereocenters. The van der Waals surface area contributed by atoms with E-state index < -0.39 is 7.26 Å². The van der Waals surface area contributed by atoms with Gasteiger partial charge in [0.1, 0.15) is 28.8 Å². The van der Waals surface area contributed by atoms with Crippen LogP contribution < -0.4 is 15.9 Å². The Morgan fingerprint density at radius 1 is 0.521 bits per heavy atom. The van der Waals surface area contributed by atoms with Gasteiger partial charge < -0.3 is 9.55 Å². The Balaban J connectivity index is 1.38. The van der Waals surface area contributed by atoms with Gasteiger partial charge in [-0.1, -0.05) is 96.5 Å². The molecule has 0 radical (unpaired) electrons. The molecule has 0 bridgehead atoms. The predicted molar refractivity (Wildman–Crippen MR) is 209 cm³/mol. The van der Waals surface area contributed by atoms with Crippen LogP contribution in [-0.4, -0.2) is 9.55 Å². The van der Waals surface area contributed by atoms with Crippen LogP contribution in [0.25, 0.3) is 49.3 Å². The molecule has 0 amide bonds. The third-order valence-corrected chi connectivity index (χ3v) is 15.1. The Morgan fingerprint density at radius 2 is 1.08 bits per heavy atom. The molecule has 2 heterocycles. The first-order chi connectivity index (χ1) is 23.6. The highest BCUT2D eigenvalue weighted by atomic mass is 35.5. The van der Waals surface area contributed by atoms with Crippen molar-refractivity contribution >= 4 is 78.4 Å². The van der Waals surface area contributed by atoms with Crippen LogP contribution in [0.5, 0.6) is 0 Å². The van der Waals surface area contributed by atoms with Crippen LogP contribution in [0.15, 0.2) is 170 Å². The van der Waals surface area contributed by atoms with E-state index in [9.17, 15) is 0 Å². The summed E-state index contributed by atoms with van der Waals surface area (Å²) in [6, 6.07) is 62.1. The van der Waals surface area contributed by atoms with Crippen molar-refractivity contribution in [2.75, 3.05) is 0 Å². The van der Waals surface area contributed by atoms with Gasteiger partial charge in [0.2, 0.25) is 0 Å². The number of H-pyrrole nitrogens is 1. The molecule has 9 rings (SSSR count). The van der Waals surface area contributed by atoms with Crippen molar-refractivity contribution in [3.8, 4) is 5.69 Å². The van der Waals surface area contributed by atoms with Crippen LogP contribution in [0.2, 0.25) is 5.02 Å². The van der Waals surface area contributed by atoms with Gasteiger partial charge in [-0.25, -0.2) is 0 Å². The fraction of sp³-hybridized carbons (Fsp3) is 0.0455. The molecule has 0 aliphatic heterocycles. The number of nitrogens with one attached hydrogen (secondary N) is 1. The molecule has 0 saturated carbocycles. The van der Waals surface area contributed by atoms with Crippen molar-refractivity contribution < 1.29 is 0 Å². The topological polar surface area (TPSA) is 20.7 Å². The number of hydrogen-bond donors (Lipinski definition) is 1. The average molecular weight is 656 g/mol.